The Hall–Kier alpha value is -2.28. The molecule has 0 aliphatic rings. The number of hydrogen-bond donors (Lipinski definition) is 2. The maximum absolute atomic E-state index is 11.8. The van der Waals surface area contributed by atoms with Crippen molar-refractivity contribution in [3.8, 4) is 0 Å². The maximum Gasteiger partial charge on any atom is 0.263 e. The molecule has 6 nitrogen and oxygen atoms in total. The number of H-pyrrole nitrogens is 1. The predicted molar refractivity (Wildman–Crippen MR) is 71.9 cm³/mol. The van der Waals surface area contributed by atoms with Crippen LogP contribution in [0.4, 0.5) is 0 Å². The molecule has 3 rings (SSSR count). The number of aryl methyl sites for hydroxylation is 1. The lowest BCUT2D eigenvalue weighted by Crippen LogP contribution is -2.22. The van der Waals surface area contributed by atoms with E-state index in [-0.39, 0.29) is 5.91 Å². The first-order valence-corrected chi connectivity index (χ1v) is 6.54. The predicted octanol–water partition coefficient (Wildman–Crippen LogP) is 1.65. The number of aromatic nitrogens is 4. The Bertz CT molecular complexity index is 699. The zero-order valence-electron chi connectivity index (χ0n) is 10.2. The zero-order chi connectivity index (χ0) is 13.2. The second-order valence-electron chi connectivity index (χ2n) is 3.98. The minimum Gasteiger partial charge on any atom is -0.344 e. The summed E-state index contributed by atoms with van der Waals surface area (Å²) < 4.78 is 0. The highest BCUT2D eigenvalue weighted by molar-refractivity contribution is 7.13. The molecule has 7 heteroatoms. The van der Waals surface area contributed by atoms with E-state index in [1.807, 2.05) is 19.1 Å². The maximum atomic E-state index is 11.8. The number of imidazole rings is 1. The summed E-state index contributed by atoms with van der Waals surface area (Å²) in [6.07, 6.45) is 3.27. The standard InChI is InChI=1S/C12H11N5OS/c1-7-14-5-9(19-7)12(18)15-6-10-16-8-3-2-4-13-11(8)17-10/h2-5H,6H2,1H3,(H,15,18)(H,13,16,17). The van der Waals surface area contributed by atoms with E-state index in [0.29, 0.717) is 22.9 Å². The van der Waals surface area contributed by atoms with Crippen LogP contribution in [0, 0.1) is 6.92 Å². The van der Waals surface area contributed by atoms with Crippen LogP contribution in [-0.4, -0.2) is 25.8 Å². The van der Waals surface area contributed by atoms with Gasteiger partial charge in [0.05, 0.1) is 23.3 Å². The van der Waals surface area contributed by atoms with Crippen molar-refractivity contribution in [2.45, 2.75) is 13.5 Å². The minimum absolute atomic E-state index is 0.140. The number of rotatable bonds is 3. The lowest BCUT2D eigenvalue weighted by Gasteiger charge is -1.99. The first-order valence-electron chi connectivity index (χ1n) is 5.72. The smallest absolute Gasteiger partial charge is 0.263 e. The van der Waals surface area contributed by atoms with Crippen LogP contribution in [0.2, 0.25) is 0 Å². The first kappa shape index (κ1) is 11.8. The first-order chi connectivity index (χ1) is 9.22. The number of nitrogens with one attached hydrogen (secondary N) is 2. The van der Waals surface area contributed by atoms with Crippen LogP contribution in [0.5, 0.6) is 0 Å². The van der Waals surface area contributed by atoms with Crippen molar-refractivity contribution in [2.24, 2.45) is 0 Å². The van der Waals surface area contributed by atoms with E-state index in [0.717, 1.165) is 10.5 Å². The third kappa shape index (κ3) is 2.45. The molecule has 0 aliphatic heterocycles. The molecule has 3 heterocycles. The van der Waals surface area contributed by atoms with E-state index in [4.69, 9.17) is 0 Å². The quantitative estimate of drug-likeness (QED) is 0.760. The molecule has 0 fully saturated rings. The Morgan fingerprint density at radius 1 is 1.47 bits per heavy atom. The average Bonchev–Trinajstić information content (AvgIpc) is 3.01. The van der Waals surface area contributed by atoms with E-state index < -0.39 is 0 Å². The van der Waals surface area contributed by atoms with Crippen molar-refractivity contribution in [3.63, 3.8) is 0 Å². The molecule has 19 heavy (non-hydrogen) atoms. The van der Waals surface area contributed by atoms with Gasteiger partial charge < -0.3 is 10.3 Å². The van der Waals surface area contributed by atoms with Crippen LogP contribution >= 0.6 is 11.3 Å². The Labute approximate surface area is 112 Å². The zero-order valence-corrected chi connectivity index (χ0v) is 11.0. The molecular formula is C12H11N5OS. The van der Waals surface area contributed by atoms with Crippen molar-refractivity contribution < 1.29 is 4.79 Å². The number of pyridine rings is 1. The summed E-state index contributed by atoms with van der Waals surface area (Å²) in [6, 6.07) is 3.73. The summed E-state index contributed by atoms with van der Waals surface area (Å²) >= 11 is 1.37. The molecule has 0 aliphatic carbocycles. The number of thiazole rings is 1. The molecule has 0 spiro atoms. The lowest BCUT2D eigenvalue weighted by atomic mass is 10.4. The molecule has 1 amide bonds. The summed E-state index contributed by atoms with van der Waals surface area (Å²) in [5.41, 5.74) is 1.51. The largest absolute Gasteiger partial charge is 0.344 e. The fraction of sp³-hybridized carbons (Fsp3) is 0.167. The Morgan fingerprint density at radius 3 is 3.11 bits per heavy atom. The summed E-state index contributed by atoms with van der Waals surface area (Å²) in [5.74, 6) is 0.544. The van der Waals surface area contributed by atoms with Crippen LogP contribution < -0.4 is 5.32 Å². The number of aromatic amines is 1. The van der Waals surface area contributed by atoms with Gasteiger partial charge in [0.2, 0.25) is 0 Å². The van der Waals surface area contributed by atoms with Gasteiger partial charge in [0.25, 0.3) is 5.91 Å². The number of carbonyl (C=O) groups excluding carboxylic acids is 1. The summed E-state index contributed by atoms with van der Waals surface area (Å²) in [6.45, 7) is 2.21. The molecule has 2 N–H and O–H groups in total. The van der Waals surface area contributed by atoms with E-state index in [2.05, 4.69) is 25.3 Å². The van der Waals surface area contributed by atoms with Crippen molar-refractivity contribution in [1.29, 1.82) is 0 Å². The molecule has 0 bridgehead atoms. The normalized spacial score (nSPS) is 10.8. The van der Waals surface area contributed by atoms with Gasteiger partial charge >= 0.3 is 0 Å². The molecule has 0 unspecified atom stereocenters. The molecule has 0 aromatic carbocycles. The summed E-state index contributed by atoms with van der Waals surface area (Å²) in [7, 11) is 0. The van der Waals surface area contributed by atoms with Gasteiger partial charge in [-0.2, -0.15) is 0 Å². The summed E-state index contributed by atoms with van der Waals surface area (Å²) in [5, 5.41) is 3.67. The van der Waals surface area contributed by atoms with Crippen LogP contribution in [0.25, 0.3) is 11.2 Å². The van der Waals surface area contributed by atoms with Crippen LogP contribution in [0.15, 0.2) is 24.5 Å². The van der Waals surface area contributed by atoms with Gasteiger partial charge in [-0.1, -0.05) is 0 Å². The molecule has 3 aromatic rings. The van der Waals surface area contributed by atoms with E-state index >= 15 is 0 Å². The fourth-order valence-corrected chi connectivity index (χ4v) is 2.39. The number of nitrogens with zero attached hydrogens (tertiary/aromatic N) is 3. The molecule has 0 saturated carbocycles. The van der Waals surface area contributed by atoms with Gasteiger partial charge in [0.15, 0.2) is 5.65 Å². The number of amides is 1. The second kappa shape index (κ2) is 4.77. The third-order valence-corrected chi connectivity index (χ3v) is 3.48. The number of hydrogen-bond acceptors (Lipinski definition) is 5. The SMILES string of the molecule is Cc1ncc(C(=O)NCc2nc3ncccc3[nH]2)s1. The average molecular weight is 273 g/mol. The van der Waals surface area contributed by atoms with Crippen LogP contribution in [-0.2, 0) is 6.54 Å². The molecule has 96 valence electrons. The molecule has 0 radical (unpaired) electrons. The van der Waals surface area contributed by atoms with Gasteiger partial charge in [0.1, 0.15) is 10.7 Å². The molecule has 0 saturated heterocycles. The van der Waals surface area contributed by atoms with Crippen LogP contribution in [0.1, 0.15) is 20.5 Å². The lowest BCUT2D eigenvalue weighted by molar-refractivity contribution is 0.0954. The highest BCUT2D eigenvalue weighted by Gasteiger charge is 2.10. The molecular weight excluding hydrogens is 262 g/mol. The Balaban J connectivity index is 1.70. The monoisotopic (exact) mass is 273 g/mol. The van der Waals surface area contributed by atoms with E-state index in [9.17, 15) is 4.79 Å². The molecule has 0 atom stereocenters. The van der Waals surface area contributed by atoms with Crippen molar-refractivity contribution in [3.05, 3.63) is 40.2 Å². The highest BCUT2D eigenvalue weighted by Crippen LogP contribution is 2.11. The second-order valence-corrected chi connectivity index (χ2v) is 5.22. The topological polar surface area (TPSA) is 83.6 Å². The summed E-state index contributed by atoms with van der Waals surface area (Å²) in [4.78, 5) is 28.0. The highest BCUT2D eigenvalue weighted by atomic mass is 32.1. The van der Waals surface area contributed by atoms with Gasteiger partial charge in [-0.3, -0.25) is 4.79 Å². The van der Waals surface area contributed by atoms with Crippen LogP contribution in [0.3, 0.4) is 0 Å². The minimum atomic E-state index is -0.140. The van der Waals surface area contributed by atoms with Crippen molar-refractivity contribution in [2.75, 3.05) is 0 Å². The number of fused-ring (bicyclic) bond motifs is 1. The Morgan fingerprint density at radius 2 is 2.37 bits per heavy atom. The third-order valence-electron chi connectivity index (χ3n) is 2.57. The Kier molecular flexibility index (Phi) is 2.96. The van der Waals surface area contributed by atoms with Gasteiger partial charge in [-0.05, 0) is 19.1 Å². The van der Waals surface area contributed by atoms with E-state index in [1.54, 1.807) is 12.4 Å². The van der Waals surface area contributed by atoms with Crippen molar-refractivity contribution in [1.82, 2.24) is 25.3 Å². The van der Waals surface area contributed by atoms with Gasteiger partial charge in [-0.15, -0.1) is 11.3 Å². The van der Waals surface area contributed by atoms with Gasteiger partial charge in [-0.25, -0.2) is 15.0 Å². The van der Waals surface area contributed by atoms with Crippen molar-refractivity contribution >= 4 is 28.4 Å². The fourth-order valence-electron chi connectivity index (χ4n) is 1.70. The van der Waals surface area contributed by atoms with Gasteiger partial charge in [0, 0.05) is 6.20 Å². The molecule has 3 aromatic heterocycles. The number of carbonyl (C=O) groups is 1. The van der Waals surface area contributed by atoms with E-state index in [1.165, 1.54) is 11.3 Å².